The molecule has 2 aromatic carbocycles. The molecule has 0 amide bonds. The van der Waals surface area contributed by atoms with Crippen molar-refractivity contribution in [3.05, 3.63) is 65.2 Å². The van der Waals surface area contributed by atoms with Crippen molar-refractivity contribution in [2.24, 2.45) is 0 Å². The largest absolute Gasteiger partial charge is 0.478 e. The topological polar surface area (TPSA) is 89.6 Å². The summed E-state index contributed by atoms with van der Waals surface area (Å²) in [5.74, 6) is -1.33. The van der Waals surface area contributed by atoms with Crippen LogP contribution >= 0.6 is 0 Å². The molecule has 0 heterocycles. The zero-order chi connectivity index (χ0) is 15.2. The van der Waals surface area contributed by atoms with E-state index in [9.17, 15) is 9.59 Å². The molecule has 21 heavy (non-hydrogen) atoms. The maximum absolute atomic E-state index is 11.7. The third-order valence-electron chi connectivity index (χ3n) is 2.93. The van der Waals surface area contributed by atoms with Crippen molar-refractivity contribution >= 4 is 17.6 Å². The molecule has 0 unspecified atom stereocenters. The molecule has 0 aliphatic carbocycles. The van der Waals surface area contributed by atoms with Crippen molar-refractivity contribution in [3.63, 3.8) is 0 Å². The summed E-state index contributed by atoms with van der Waals surface area (Å²) >= 11 is 0. The third kappa shape index (κ3) is 4.35. The lowest BCUT2D eigenvalue weighted by Crippen LogP contribution is -2.08. The smallest absolute Gasteiger partial charge is 0.335 e. The Labute approximate surface area is 122 Å². The van der Waals surface area contributed by atoms with Gasteiger partial charge in [0.15, 0.2) is 0 Å². The molecule has 0 aliphatic rings. The van der Waals surface area contributed by atoms with E-state index < -0.39 is 5.97 Å². The molecule has 5 heteroatoms. The Morgan fingerprint density at radius 2 is 1.52 bits per heavy atom. The normalized spacial score (nSPS) is 10.1. The number of rotatable bonds is 5. The van der Waals surface area contributed by atoms with Gasteiger partial charge in [-0.25, -0.2) is 4.79 Å². The number of nitrogen functional groups attached to an aromatic ring is 1. The molecule has 5 nitrogen and oxygen atoms in total. The van der Waals surface area contributed by atoms with Crippen LogP contribution in [0.4, 0.5) is 5.69 Å². The van der Waals surface area contributed by atoms with Gasteiger partial charge >= 0.3 is 11.9 Å². The average Bonchev–Trinajstić information content (AvgIpc) is 2.48. The van der Waals surface area contributed by atoms with Gasteiger partial charge in [-0.15, -0.1) is 0 Å². The highest BCUT2D eigenvalue weighted by Crippen LogP contribution is 2.09. The molecule has 3 N–H and O–H groups in total. The zero-order valence-electron chi connectivity index (χ0n) is 11.3. The van der Waals surface area contributed by atoms with Crippen LogP contribution in [0.25, 0.3) is 0 Å². The summed E-state index contributed by atoms with van der Waals surface area (Å²) in [6, 6.07) is 13.2. The van der Waals surface area contributed by atoms with Crippen molar-refractivity contribution in [1.82, 2.24) is 0 Å². The van der Waals surface area contributed by atoms with Gasteiger partial charge in [-0.3, -0.25) is 4.79 Å². The van der Waals surface area contributed by atoms with E-state index in [2.05, 4.69) is 0 Å². The first kappa shape index (κ1) is 14.6. The number of hydrogen-bond acceptors (Lipinski definition) is 4. The first-order chi connectivity index (χ1) is 10.0. The van der Waals surface area contributed by atoms with Crippen LogP contribution in [0, 0.1) is 0 Å². The maximum Gasteiger partial charge on any atom is 0.335 e. The summed E-state index contributed by atoms with van der Waals surface area (Å²) in [5.41, 5.74) is 7.98. The van der Waals surface area contributed by atoms with Crippen LogP contribution in [-0.2, 0) is 22.6 Å². The monoisotopic (exact) mass is 285 g/mol. The van der Waals surface area contributed by atoms with Crippen LogP contribution in [0.2, 0.25) is 0 Å². The SMILES string of the molecule is Nc1ccc(CC(=O)OCc2ccc(C(=O)O)cc2)cc1. The Morgan fingerprint density at radius 3 is 2.10 bits per heavy atom. The summed E-state index contributed by atoms with van der Waals surface area (Å²) in [4.78, 5) is 22.4. The van der Waals surface area contributed by atoms with Crippen LogP contribution in [0.5, 0.6) is 0 Å². The fraction of sp³-hybridized carbons (Fsp3) is 0.125. The van der Waals surface area contributed by atoms with Gasteiger partial charge in [-0.2, -0.15) is 0 Å². The summed E-state index contributed by atoms with van der Waals surface area (Å²) in [5, 5.41) is 8.78. The van der Waals surface area contributed by atoms with Crippen molar-refractivity contribution in [2.75, 3.05) is 5.73 Å². The number of aromatic carboxylic acids is 1. The van der Waals surface area contributed by atoms with E-state index >= 15 is 0 Å². The van der Waals surface area contributed by atoms with Gasteiger partial charge < -0.3 is 15.6 Å². The lowest BCUT2D eigenvalue weighted by atomic mass is 10.1. The standard InChI is InChI=1S/C16H15NO4/c17-14-7-3-11(4-8-14)9-15(18)21-10-12-1-5-13(6-2-12)16(19)20/h1-8H,9-10,17H2,(H,19,20). The maximum atomic E-state index is 11.7. The molecule has 2 rings (SSSR count). The molecule has 0 radical (unpaired) electrons. The molecule has 0 saturated carbocycles. The van der Waals surface area contributed by atoms with Crippen molar-refractivity contribution in [2.45, 2.75) is 13.0 Å². The average molecular weight is 285 g/mol. The van der Waals surface area contributed by atoms with Crippen LogP contribution in [0.1, 0.15) is 21.5 Å². The fourth-order valence-corrected chi connectivity index (χ4v) is 1.76. The molecule has 0 aliphatic heterocycles. The zero-order valence-corrected chi connectivity index (χ0v) is 11.3. The van der Waals surface area contributed by atoms with Crippen LogP contribution < -0.4 is 5.73 Å². The van der Waals surface area contributed by atoms with Crippen molar-refractivity contribution < 1.29 is 19.4 Å². The van der Waals surface area contributed by atoms with E-state index in [0.29, 0.717) is 5.69 Å². The van der Waals surface area contributed by atoms with Gasteiger partial charge in [-0.1, -0.05) is 24.3 Å². The van der Waals surface area contributed by atoms with Crippen molar-refractivity contribution in [3.8, 4) is 0 Å². The minimum Gasteiger partial charge on any atom is -0.478 e. The molecule has 0 saturated heterocycles. The summed E-state index contributed by atoms with van der Waals surface area (Å²) < 4.78 is 5.14. The van der Waals surface area contributed by atoms with Gasteiger partial charge in [0, 0.05) is 5.69 Å². The Balaban J connectivity index is 1.86. The Morgan fingerprint density at radius 1 is 0.952 bits per heavy atom. The van der Waals surface area contributed by atoms with Crippen LogP contribution in [0.3, 0.4) is 0 Å². The van der Waals surface area contributed by atoms with Crippen LogP contribution in [-0.4, -0.2) is 17.0 Å². The molecular formula is C16H15NO4. The van der Waals surface area contributed by atoms with Gasteiger partial charge in [0.1, 0.15) is 6.61 Å². The minimum atomic E-state index is -0.984. The summed E-state index contributed by atoms with van der Waals surface area (Å²) in [7, 11) is 0. The second kappa shape index (κ2) is 6.56. The van der Waals surface area contributed by atoms with E-state index in [1.807, 2.05) is 0 Å². The predicted octanol–water partition coefficient (Wildman–Crippen LogP) is 2.25. The van der Waals surface area contributed by atoms with Crippen LogP contribution in [0.15, 0.2) is 48.5 Å². The number of hydrogen-bond donors (Lipinski definition) is 2. The fourth-order valence-electron chi connectivity index (χ4n) is 1.76. The lowest BCUT2D eigenvalue weighted by Gasteiger charge is -2.06. The lowest BCUT2D eigenvalue weighted by molar-refractivity contribution is -0.144. The first-order valence-electron chi connectivity index (χ1n) is 6.37. The molecule has 108 valence electrons. The number of carbonyl (C=O) groups excluding carboxylic acids is 1. The van der Waals surface area contributed by atoms with Gasteiger partial charge in [0.05, 0.1) is 12.0 Å². The first-order valence-corrected chi connectivity index (χ1v) is 6.37. The van der Waals surface area contributed by atoms with Gasteiger partial charge in [-0.05, 0) is 35.4 Å². The second-order valence-corrected chi connectivity index (χ2v) is 4.58. The van der Waals surface area contributed by atoms with Crippen molar-refractivity contribution in [1.29, 1.82) is 0 Å². The number of carboxylic acids is 1. The van der Waals surface area contributed by atoms with E-state index in [1.165, 1.54) is 12.1 Å². The minimum absolute atomic E-state index is 0.119. The van der Waals surface area contributed by atoms with E-state index in [1.54, 1.807) is 36.4 Å². The number of ether oxygens (including phenoxy) is 1. The molecule has 0 fully saturated rings. The third-order valence-corrected chi connectivity index (χ3v) is 2.93. The number of anilines is 1. The summed E-state index contributed by atoms with van der Waals surface area (Å²) in [6.07, 6.45) is 0.174. The number of carbonyl (C=O) groups is 2. The number of nitrogens with two attached hydrogens (primary N) is 1. The van der Waals surface area contributed by atoms with E-state index in [4.69, 9.17) is 15.6 Å². The second-order valence-electron chi connectivity index (χ2n) is 4.58. The highest BCUT2D eigenvalue weighted by atomic mass is 16.5. The van der Waals surface area contributed by atoms with E-state index in [-0.39, 0.29) is 24.6 Å². The van der Waals surface area contributed by atoms with Gasteiger partial charge in [0.2, 0.25) is 0 Å². The molecule has 0 aromatic heterocycles. The highest BCUT2D eigenvalue weighted by molar-refractivity contribution is 5.87. The van der Waals surface area contributed by atoms with E-state index in [0.717, 1.165) is 11.1 Å². The Kier molecular flexibility index (Phi) is 4.56. The predicted molar refractivity (Wildman–Crippen MR) is 77.8 cm³/mol. The Hall–Kier alpha value is -2.82. The quantitative estimate of drug-likeness (QED) is 0.649. The highest BCUT2D eigenvalue weighted by Gasteiger charge is 2.06. The molecule has 0 spiro atoms. The van der Waals surface area contributed by atoms with Gasteiger partial charge in [0.25, 0.3) is 0 Å². The number of esters is 1. The Bertz CT molecular complexity index is 632. The number of benzene rings is 2. The molecular weight excluding hydrogens is 270 g/mol. The molecule has 0 atom stereocenters. The number of carboxylic acid groups (broad SMARTS) is 1. The molecule has 0 bridgehead atoms. The molecule has 2 aromatic rings. The summed E-state index contributed by atoms with van der Waals surface area (Å²) in [6.45, 7) is 0.119.